The van der Waals surface area contributed by atoms with Crippen LogP contribution in [0.25, 0.3) is 44.2 Å². The van der Waals surface area contributed by atoms with Gasteiger partial charge < -0.3 is 14.9 Å². The van der Waals surface area contributed by atoms with Crippen LogP contribution in [-0.4, -0.2) is 4.98 Å². The Morgan fingerprint density at radius 3 is 1.86 bits per heavy atom. The Morgan fingerprint density at radius 1 is 0.549 bits per heavy atom. The minimum absolute atomic E-state index is 0. The quantitative estimate of drug-likeness (QED) is 0.128. The Labute approximate surface area is 319 Å². The number of aromatic nitrogens is 2. The molecule has 7 rings (SSSR count). The summed E-state index contributed by atoms with van der Waals surface area (Å²) in [5.74, 6) is 0. The summed E-state index contributed by atoms with van der Waals surface area (Å²) in [7, 11) is 0. The number of benzene rings is 5. The predicted octanol–water partition coefficient (Wildman–Crippen LogP) is 12.6. The molecular weight excluding hydrogens is 804 g/mol. The summed E-state index contributed by atoms with van der Waals surface area (Å²) in [5, 5.41) is 2.40. The number of fused-ring (bicyclic) bond motifs is 3. The first-order valence-corrected chi connectivity index (χ1v) is 17.6. The van der Waals surface area contributed by atoms with Gasteiger partial charge in [-0.15, -0.1) is 70.2 Å². The molecule has 0 unspecified atom stereocenters. The molecule has 0 aliphatic heterocycles. The molecule has 7 aromatic rings. The first kappa shape index (κ1) is 36.4. The fourth-order valence-electron chi connectivity index (χ4n) is 6.53. The van der Waals surface area contributed by atoms with E-state index in [0.29, 0.717) is 0 Å². The van der Waals surface area contributed by atoms with Crippen molar-refractivity contribution in [2.24, 2.45) is 0 Å². The third-order valence-corrected chi connectivity index (χ3v) is 9.59. The minimum Gasteiger partial charge on any atom is -0.664 e. The molecule has 0 bridgehead atoms. The molecule has 0 aliphatic carbocycles. The fourth-order valence-corrected chi connectivity index (χ4v) is 6.53. The minimum atomic E-state index is -0.0847. The second-order valence-electron chi connectivity index (χ2n) is 16.5. The van der Waals surface area contributed by atoms with Crippen molar-refractivity contribution in [3.05, 3.63) is 144 Å². The van der Waals surface area contributed by atoms with E-state index in [2.05, 4.69) is 176 Å². The molecule has 0 N–H and O–H groups in total. The first-order valence-electron chi connectivity index (χ1n) is 17.6. The van der Waals surface area contributed by atoms with Gasteiger partial charge >= 0.3 is 22.4 Å². The van der Waals surface area contributed by atoms with Crippen LogP contribution in [0, 0.1) is 12.1 Å². The SMILES string of the molecule is CC(C)(C)c1cc(-c2ccccn2)[c-]c(N(c2[c-]c(-c3cc(C(C)(C)C)cc4c3[n-]c3ccc(C(C)(C)C)cc34)ccc2)c2ccccc2)c1.[Au+3]. The van der Waals surface area contributed by atoms with E-state index in [9.17, 15) is 0 Å². The topological polar surface area (TPSA) is 30.2 Å². The summed E-state index contributed by atoms with van der Waals surface area (Å²) in [4.78, 5) is 12.2. The Kier molecular flexibility index (Phi) is 9.71. The molecule has 4 heteroatoms. The molecule has 0 atom stereocenters. The van der Waals surface area contributed by atoms with Gasteiger partial charge in [0.1, 0.15) is 0 Å². The molecule has 0 aliphatic rings. The van der Waals surface area contributed by atoms with E-state index in [1.807, 2.05) is 18.3 Å². The molecule has 0 fully saturated rings. The van der Waals surface area contributed by atoms with E-state index in [0.717, 1.165) is 50.5 Å². The van der Waals surface area contributed by atoms with Crippen molar-refractivity contribution in [2.45, 2.75) is 78.6 Å². The van der Waals surface area contributed by atoms with E-state index in [1.54, 1.807) is 0 Å². The van der Waals surface area contributed by atoms with Crippen molar-refractivity contribution in [3.63, 3.8) is 0 Å². The molecule has 0 saturated heterocycles. The van der Waals surface area contributed by atoms with Crippen LogP contribution in [0.5, 0.6) is 0 Å². The zero-order valence-electron chi connectivity index (χ0n) is 31.1. The molecule has 0 amide bonds. The maximum atomic E-state index is 5.27. The molecule has 51 heavy (non-hydrogen) atoms. The van der Waals surface area contributed by atoms with Gasteiger partial charge in [-0.25, -0.2) is 0 Å². The largest absolute Gasteiger partial charge is 3.00 e. The molecular formula is C47H46AuN3. The number of anilines is 3. The van der Waals surface area contributed by atoms with Crippen LogP contribution < -0.4 is 9.88 Å². The van der Waals surface area contributed by atoms with E-state index in [4.69, 9.17) is 9.97 Å². The summed E-state index contributed by atoms with van der Waals surface area (Å²) in [6.07, 6.45) is 1.84. The van der Waals surface area contributed by atoms with Gasteiger partial charge in [-0.3, -0.25) is 0 Å². The molecule has 0 radical (unpaired) electrons. The number of pyridine rings is 1. The van der Waals surface area contributed by atoms with Crippen LogP contribution in [0.4, 0.5) is 17.1 Å². The number of hydrogen-bond donors (Lipinski definition) is 0. The predicted molar refractivity (Wildman–Crippen MR) is 212 cm³/mol. The molecule has 0 spiro atoms. The molecule has 260 valence electrons. The van der Waals surface area contributed by atoms with Crippen LogP contribution in [0.15, 0.2) is 115 Å². The Balaban J connectivity index is 0.00000448. The average Bonchev–Trinajstić information content (AvgIpc) is 3.46. The van der Waals surface area contributed by atoms with Crippen LogP contribution in [0.3, 0.4) is 0 Å². The molecule has 2 heterocycles. The van der Waals surface area contributed by atoms with Crippen LogP contribution in [0.1, 0.15) is 79.0 Å². The zero-order chi connectivity index (χ0) is 35.4. The number of rotatable bonds is 5. The number of para-hydroxylation sites is 1. The monoisotopic (exact) mass is 849 g/mol. The smallest absolute Gasteiger partial charge is 0.664 e. The third-order valence-electron chi connectivity index (χ3n) is 9.59. The third kappa shape index (κ3) is 7.35. The molecule has 0 saturated carbocycles. The van der Waals surface area contributed by atoms with Crippen LogP contribution in [-0.2, 0) is 38.6 Å². The molecule has 2 aromatic heterocycles. The standard InChI is InChI=1S/C47H46N3.Au/c1-45(2,3)33-21-22-43-40(28-33)41-30-35(47(7,8)9)29-39(44(41)49-43)31-16-15-19-37(25-31)50(36-17-11-10-12-18-36)38-26-32(42-20-13-14-23-48-42)24-34(27-38)46(4,5)6;/h10-24,27-30H,1-9H3;/q-3;+3. The maximum absolute atomic E-state index is 5.27. The van der Waals surface area contributed by atoms with E-state index >= 15 is 0 Å². The van der Waals surface area contributed by atoms with Gasteiger partial charge in [0, 0.05) is 11.9 Å². The van der Waals surface area contributed by atoms with Gasteiger partial charge in [0.15, 0.2) is 0 Å². The van der Waals surface area contributed by atoms with E-state index < -0.39 is 0 Å². The van der Waals surface area contributed by atoms with Gasteiger partial charge in [-0.1, -0.05) is 129 Å². The summed E-state index contributed by atoms with van der Waals surface area (Å²) in [6, 6.07) is 46.6. The summed E-state index contributed by atoms with van der Waals surface area (Å²) in [5.41, 5.74) is 12.6. The van der Waals surface area contributed by atoms with Gasteiger partial charge in [-0.2, -0.15) is 5.52 Å². The van der Waals surface area contributed by atoms with Crippen molar-refractivity contribution in [1.82, 2.24) is 9.97 Å². The van der Waals surface area contributed by atoms with Crippen molar-refractivity contribution in [3.8, 4) is 22.4 Å². The molecule has 5 aromatic carbocycles. The number of hydrogen-bond acceptors (Lipinski definition) is 2. The Bertz CT molecular complexity index is 2320. The van der Waals surface area contributed by atoms with Crippen molar-refractivity contribution < 1.29 is 22.4 Å². The summed E-state index contributed by atoms with van der Waals surface area (Å²) < 4.78 is 0. The van der Waals surface area contributed by atoms with Crippen molar-refractivity contribution >= 4 is 38.9 Å². The van der Waals surface area contributed by atoms with E-state index in [1.165, 1.54) is 27.5 Å². The van der Waals surface area contributed by atoms with Gasteiger partial charge in [-0.05, 0) is 67.8 Å². The zero-order valence-corrected chi connectivity index (χ0v) is 33.3. The van der Waals surface area contributed by atoms with Crippen LogP contribution in [0.2, 0.25) is 0 Å². The molecule has 3 nitrogen and oxygen atoms in total. The first-order chi connectivity index (χ1) is 23.7. The number of nitrogens with zero attached hydrogens (tertiary/aromatic N) is 3. The van der Waals surface area contributed by atoms with Crippen molar-refractivity contribution in [2.75, 3.05) is 4.90 Å². The van der Waals surface area contributed by atoms with Gasteiger partial charge in [0.25, 0.3) is 0 Å². The second-order valence-corrected chi connectivity index (χ2v) is 16.5. The maximum Gasteiger partial charge on any atom is 3.00 e. The normalized spacial score (nSPS) is 12.3. The summed E-state index contributed by atoms with van der Waals surface area (Å²) >= 11 is 0. The summed E-state index contributed by atoms with van der Waals surface area (Å²) in [6.45, 7) is 20.4. The fraction of sp³-hybridized carbons (Fsp3) is 0.255. The second kappa shape index (κ2) is 13.6. The van der Waals surface area contributed by atoms with E-state index in [-0.39, 0.29) is 38.6 Å². The Hall–Kier alpha value is -4.41. The van der Waals surface area contributed by atoms with Gasteiger partial charge in [0.05, 0.1) is 0 Å². The van der Waals surface area contributed by atoms with Gasteiger partial charge in [0.2, 0.25) is 0 Å². The Morgan fingerprint density at radius 2 is 1.20 bits per heavy atom. The van der Waals surface area contributed by atoms with Crippen molar-refractivity contribution in [1.29, 1.82) is 0 Å². The van der Waals surface area contributed by atoms with Crippen LogP contribution >= 0.6 is 0 Å². The average molecular weight is 850 g/mol.